The van der Waals surface area contributed by atoms with E-state index in [4.69, 9.17) is 23.7 Å². The van der Waals surface area contributed by atoms with E-state index in [0.717, 1.165) is 32.6 Å². The van der Waals surface area contributed by atoms with Crippen molar-refractivity contribution in [3.63, 3.8) is 0 Å². The summed E-state index contributed by atoms with van der Waals surface area (Å²) in [6, 6.07) is 7.60. The van der Waals surface area contributed by atoms with E-state index in [-0.39, 0.29) is 12.6 Å². The third kappa shape index (κ3) is 5.37. The first-order valence-electron chi connectivity index (χ1n) is 11.9. The Labute approximate surface area is 199 Å². The largest absolute Gasteiger partial charge is 0.493 e. The van der Waals surface area contributed by atoms with Crippen LogP contribution in [0.25, 0.3) is 0 Å². The number of amides is 1. The highest BCUT2D eigenvalue weighted by Gasteiger charge is 2.29. The van der Waals surface area contributed by atoms with Crippen LogP contribution in [-0.4, -0.2) is 63.7 Å². The molecule has 0 spiro atoms. The molecule has 3 heterocycles. The predicted molar refractivity (Wildman–Crippen MR) is 125 cm³/mol. The lowest BCUT2D eigenvalue weighted by molar-refractivity contribution is 0.0770. The smallest absolute Gasteiger partial charge is 0.266 e. The first kappa shape index (κ1) is 22.7. The zero-order valence-corrected chi connectivity index (χ0v) is 19.5. The van der Waals surface area contributed by atoms with Crippen LogP contribution in [0.4, 0.5) is 5.69 Å². The number of ether oxygens (including phenoxy) is 5. The number of carbonyl (C=O) groups is 1. The van der Waals surface area contributed by atoms with Crippen molar-refractivity contribution in [2.75, 3.05) is 51.7 Å². The van der Waals surface area contributed by atoms with Crippen molar-refractivity contribution >= 4 is 11.6 Å². The van der Waals surface area contributed by atoms with Crippen LogP contribution in [0.15, 0.2) is 30.5 Å². The van der Waals surface area contributed by atoms with E-state index in [2.05, 4.69) is 10.3 Å². The summed E-state index contributed by atoms with van der Waals surface area (Å²) in [5, 5.41) is 3.50. The topological polar surface area (TPSA) is 91.4 Å². The highest BCUT2D eigenvalue weighted by molar-refractivity contribution is 6.08. The van der Waals surface area contributed by atoms with Gasteiger partial charge in [-0.25, -0.2) is 4.98 Å². The molecule has 1 aromatic carbocycles. The van der Waals surface area contributed by atoms with Crippen LogP contribution >= 0.6 is 0 Å². The van der Waals surface area contributed by atoms with Gasteiger partial charge in [-0.05, 0) is 43.7 Å². The van der Waals surface area contributed by atoms with Gasteiger partial charge in [0.05, 0.1) is 19.4 Å². The van der Waals surface area contributed by atoms with Crippen molar-refractivity contribution in [3.8, 4) is 23.1 Å². The molecule has 2 aromatic rings. The molecule has 34 heavy (non-hydrogen) atoms. The molecule has 2 fully saturated rings. The number of methoxy groups -OCH3 is 1. The molecule has 3 aliphatic rings. The van der Waals surface area contributed by atoms with Gasteiger partial charge in [0.1, 0.15) is 17.9 Å². The molecule has 0 unspecified atom stereocenters. The summed E-state index contributed by atoms with van der Waals surface area (Å²) < 4.78 is 28.4. The second-order valence-electron chi connectivity index (χ2n) is 8.80. The van der Waals surface area contributed by atoms with Gasteiger partial charge in [-0.1, -0.05) is 0 Å². The van der Waals surface area contributed by atoms with Crippen molar-refractivity contribution < 1.29 is 28.5 Å². The van der Waals surface area contributed by atoms with E-state index < -0.39 is 0 Å². The normalized spacial score (nSPS) is 18.3. The molecule has 2 aliphatic heterocycles. The maximum absolute atomic E-state index is 13.1. The molecule has 1 aromatic heterocycles. The molecule has 1 aliphatic carbocycles. The Hall–Kier alpha value is -3.04. The quantitative estimate of drug-likeness (QED) is 0.531. The van der Waals surface area contributed by atoms with Crippen molar-refractivity contribution in [2.24, 2.45) is 5.92 Å². The summed E-state index contributed by atoms with van der Waals surface area (Å²) in [7, 11) is 1.59. The molecule has 182 valence electrons. The minimum Gasteiger partial charge on any atom is -0.493 e. The molecule has 5 rings (SSSR count). The summed E-state index contributed by atoms with van der Waals surface area (Å²) in [5.41, 5.74) is 1.07. The average molecular weight is 470 g/mol. The van der Waals surface area contributed by atoms with Gasteiger partial charge < -0.3 is 29.0 Å². The molecule has 1 amide bonds. The SMILES string of the molecule is COc1cc(N2COc3cc(OCC4CC4)ncc3C2=O)ccc1OCCNC1CCOCC1. The van der Waals surface area contributed by atoms with Gasteiger partial charge in [-0.15, -0.1) is 0 Å². The fourth-order valence-electron chi connectivity index (χ4n) is 4.06. The summed E-state index contributed by atoms with van der Waals surface area (Å²) in [6.07, 6.45) is 5.98. The fraction of sp³-hybridized carbons (Fsp3) is 0.520. The second-order valence-corrected chi connectivity index (χ2v) is 8.80. The van der Waals surface area contributed by atoms with Gasteiger partial charge in [0.15, 0.2) is 18.2 Å². The number of nitrogens with one attached hydrogen (secondary N) is 1. The van der Waals surface area contributed by atoms with Crippen LogP contribution in [0.2, 0.25) is 0 Å². The van der Waals surface area contributed by atoms with Gasteiger partial charge in [0.25, 0.3) is 5.91 Å². The van der Waals surface area contributed by atoms with E-state index in [1.807, 2.05) is 12.1 Å². The minimum atomic E-state index is -0.182. The zero-order valence-electron chi connectivity index (χ0n) is 19.5. The van der Waals surface area contributed by atoms with E-state index in [0.29, 0.717) is 59.6 Å². The maximum atomic E-state index is 13.1. The lowest BCUT2D eigenvalue weighted by atomic mass is 10.1. The Morgan fingerprint density at radius 1 is 1.12 bits per heavy atom. The minimum absolute atomic E-state index is 0.0935. The van der Waals surface area contributed by atoms with Crippen molar-refractivity contribution in [3.05, 3.63) is 36.0 Å². The van der Waals surface area contributed by atoms with Crippen LogP contribution in [-0.2, 0) is 4.74 Å². The lowest BCUT2D eigenvalue weighted by Gasteiger charge is -2.29. The number of benzene rings is 1. The van der Waals surface area contributed by atoms with E-state index >= 15 is 0 Å². The molecule has 0 bridgehead atoms. The fourth-order valence-corrected chi connectivity index (χ4v) is 4.06. The summed E-state index contributed by atoms with van der Waals surface area (Å²) >= 11 is 0. The van der Waals surface area contributed by atoms with E-state index in [1.165, 1.54) is 19.0 Å². The highest BCUT2D eigenvalue weighted by atomic mass is 16.5. The van der Waals surface area contributed by atoms with Crippen molar-refractivity contribution in [1.29, 1.82) is 0 Å². The lowest BCUT2D eigenvalue weighted by Crippen LogP contribution is -2.38. The third-order valence-corrected chi connectivity index (χ3v) is 6.30. The molecular formula is C25H31N3O6. The van der Waals surface area contributed by atoms with E-state index in [1.54, 1.807) is 24.1 Å². The molecule has 1 saturated carbocycles. The predicted octanol–water partition coefficient (Wildman–Crippen LogP) is 3.02. The number of rotatable bonds is 10. The number of fused-ring (bicyclic) bond motifs is 1. The van der Waals surface area contributed by atoms with Crippen LogP contribution in [0.3, 0.4) is 0 Å². The van der Waals surface area contributed by atoms with Crippen LogP contribution in [0, 0.1) is 5.92 Å². The van der Waals surface area contributed by atoms with Gasteiger partial charge in [0, 0.05) is 44.1 Å². The summed E-state index contributed by atoms with van der Waals surface area (Å²) in [4.78, 5) is 19.0. The molecule has 0 atom stereocenters. The number of anilines is 1. The van der Waals surface area contributed by atoms with Crippen LogP contribution < -0.4 is 29.2 Å². The first-order valence-corrected chi connectivity index (χ1v) is 11.9. The number of nitrogens with zero attached hydrogens (tertiary/aromatic N) is 2. The number of hydrogen-bond donors (Lipinski definition) is 1. The third-order valence-electron chi connectivity index (χ3n) is 6.30. The Morgan fingerprint density at radius 3 is 2.76 bits per heavy atom. The van der Waals surface area contributed by atoms with Crippen molar-refractivity contribution in [2.45, 2.75) is 31.7 Å². The maximum Gasteiger partial charge on any atom is 0.266 e. The van der Waals surface area contributed by atoms with Crippen LogP contribution in [0.1, 0.15) is 36.0 Å². The Bertz CT molecular complexity index is 1010. The van der Waals surface area contributed by atoms with Gasteiger partial charge in [0.2, 0.25) is 5.88 Å². The second kappa shape index (κ2) is 10.5. The Balaban J connectivity index is 1.20. The Morgan fingerprint density at radius 2 is 1.97 bits per heavy atom. The zero-order chi connectivity index (χ0) is 23.3. The average Bonchev–Trinajstić information content (AvgIpc) is 3.71. The summed E-state index contributed by atoms with van der Waals surface area (Å²) in [6.45, 7) is 3.63. The van der Waals surface area contributed by atoms with Crippen LogP contribution in [0.5, 0.6) is 23.1 Å². The molecule has 0 radical (unpaired) electrons. The first-order chi connectivity index (χ1) is 16.7. The molecule has 9 nitrogen and oxygen atoms in total. The van der Waals surface area contributed by atoms with Gasteiger partial charge in [-0.2, -0.15) is 0 Å². The number of pyridine rings is 1. The van der Waals surface area contributed by atoms with Gasteiger partial charge >= 0.3 is 0 Å². The standard InChI is InChI=1S/C25H31N3O6/c1-30-23-12-19(4-5-21(23)32-11-8-26-18-6-9-31-10-7-18)28-16-34-22-13-24(33-15-17-2-3-17)27-14-20(22)25(28)29/h4-5,12-14,17-18,26H,2-3,6-11,15-16H2,1H3. The summed E-state index contributed by atoms with van der Waals surface area (Å²) in [5.74, 6) is 2.61. The molecule has 1 N–H and O–H groups in total. The van der Waals surface area contributed by atoms with Gasteiger partial charge in [-0.3, -0.25) is 9.69 Å². The highest BCUT2D eigenvalue weighted by Crippen LogP contribution is 2.36. The van der Waals surface area contributed by atoms with Crippen molar-refractivity contribution in [1.82, 2.24) is 10.3 Å². The number of hydrogen-bond acceptors (Lipinski definition) is 8. The number of carbonyl (C=O) groups excluding carboxylic acids is 1. The number of aromatic nitrogens is 1. The molecule has 1 saturated heterocycles. The van der Waals surface area contributed by atoms with E-state index in [9.17, 15) is 4.79 Å². The molecular weight excluding hydrogens is 438 g/mol. The monoisotopic (exact) mass is 469 g/mol. The Kier molecular flexibility index (Phi) is 7.01. The molecule has 9 heteroatoms.